The quantitative estimate of drug-likeness (QED) is 0.837. The summed E-state index contributed by atoms with van der Waals surface area (Å²) >= 11 is 5.71. The molecule has 2 rings (SSSR count). The Morgan fingerprint density at radius 2 is 2.18 bits per heavy atom. The van der Waals surface area contributed by atoms with Crippen LogP contribution in [0, 0.1) is 13.8 Å². The molecule has 7 heteroatoms. The van der Waals surface area contributed by atoms with Gasteiger partial charge in [0.05, 0.1) is 0 Å². The van der Waals surface area contributed by atoms with Gasteiger partial charge < -0.3 is 9.84 Å². The van der Waals surface area contributed by atoms with Crippen molar-refractivity contribution in [1.82, 2.24) is 20.1 Å². The molecule has 6 nitrogen and oxygen atoms in total. The van der Waals surface area contributed by atoms with Crippen LogP contribution in [0.3, 0.4) is 0 Å². The van der Waals surface area contributed by atoms with Gasteiger partial charge in [-0.3, -0.25) is 0 Å². The molecule has 0 unspecified atom stereocenters. The van der Waals surface area contributed by atoms with Gasteiger partial charge in [0.1, 0.15) is 5.82 Å². The first kappa shape index (κ1) is 11.8. The van der Waals surface area contributed by atoms with Crippen molar-refractivity contribution < 1.29 is 4.52 Å². The van der Waals surface area contributed by atoms with Crippen molar-refractivity contribution in [1.29, 1.82) is 0 Å². The maximum atomic E-state index is 5.71. The molecule has 2 heterocycles. The third-order valence-electron chi connectivity index (χ3n) is 2.15. The van der Waals surface area contributed by atoms with E-state index in [0.717, 1.165) is 11.4 Å². The van der Waals surface area contributed by atoms with Gasteiger partial charge in [0.15, 0.2) is 5.82 Å². The van der Waals surface area contributed by atoms with E-state index in [9.17, 15) is 0 Å². The highest BCUT2D eigenvalue weighted by atomic mass is 35.5. The normalized spacial score (nSPS) is 10.5. The predicted octanol–water partition coefficient (Wildman–Crippen LogP) is 1.78. The maximum Gasteiger partial charge on any atom is 0.224 e. The summed E-state index contributed by atoms with van der Waals surface area (Å²) < 4.78 is 4.87. The van der Waals surface area contributed by atoms with Gasteiger partial charge in [-0.05, 0) is 18.5 Å². The minimum Gasteiger partial charge on any atom is -0.369 e. The minimum absolute atomic E-state index is 0.230. The van der Waals surface area contributed by atoms with Crippen molar-refractivity contribution in [2.45, 2.75) is 20.3 Å². The number of nitrogens with zero attached hydrogens (tertiary/aromatic N) is 4. The summed E-state index contributed by atoms with van der Waals surface area (Å²) in [6.07, 6.45) is 2.34. The first-order valence-electron chi connectivity index (χ1n) is 5.17. The van der Waals surface area contributed by atoms with E-state index in [4.69, 9.17) is 16.1 Å². The topological polar surface area (TPSA) is 76.7 Å². The summed E-state index contributed by atoms with van der Waals surface area (Å²) in [6.45, 7) is 4.34. The highest BCUT2D eigenvalue weighted by Gasteiger charge is 2.04. The summed E-state index contributed by atoms with van der Waals surface area (Å²) in [5.41, 5.74) is 0.943. The number of aryl methyl sites for hydroxylation is 2. The molecule has 0 aliphatic rings. The second-order valence-electron chi connectivity index (χ2n) is 3.58. The largest absolute Gasteiger partial charge is 0.369 e. The van der Waals surface area contributed by atoms with E-state index in [1.165, 1.54) is 0 Å². The van der Waals surface area contributed by atoms with E-state index in [1.54, 1.807) is 13.1 Å². The molecular weight excluding hydrogens is 242 g/mol. The van der Waals surface area contributed by atoms with Crippen LogP contribution in [-0.2, 0) is 6.42 Å². The Morgan fingerprint density at radius 3 is 2.88 bits per heavy atom. The third-order valence-corrected chi connectivity index (χ3v) is 2.34. The number of aromatic nitrogens is 4. The molecule has 0 fully saturated rings. The molecule has 0 bridgehead atoms. The van der Waals surface area contributed by atoms with Crippen LogP contribution in [0.5, 0.6) is 0 Å². The molecule has 0 amide bonds. The van der Waals surface area contributed by atoms with E-state index >= 15 is 0 Å². The van der Waals surface area contributed by atoms with Crippen molar-refractivity contribution in [2.75, 3.05) is 11.9 Å². The Bertz CT molecular complexity index is 513. The molecule has 0 spiro atoms. The summed E-state index contributed by atoms with van der Waals surface area (Å²) in [6, 6.07) is 0. The molecule has 1 N–H and O–H groups in total. The summed E-state index contributed by atoms with van der Waals surface area (Å²) in [4.78, 5) is 12.1. The fourth-order valence-electron chi connectivity index (χ4n) is 1.34. The lowest BCUT2D eigenvalue weighted by Gasteiger charge is -2.06. The van der Waals surface area contributed by atoms with Gasteiger partial charge in [0.2, 0.25) is 11.2 Å². The predicted molar refractivity (Wildman–Crippen MR) is 63.0 cm³/mol. The monoisotopic (exact) mass is 253 g/mol. The van der Waals surface area contributed by atoms with Gasteiger partial charge in [0, 0.05) is 31.6 Å². The second kappa shape index (κ2) is 5.09. The minimum atomic E-state index is 0.230. The van der Waals surface area contributed by atoms with Crippen molar-refractivity contribution in [3.05, 3.63) is 28.8 Å². The standard InChI is InChI=1S/C10H12ClN5O/c1-6-5-13-10(11)15-9(6)12-4-3-8-14-7(2)17-16-8/h5H,3-4H2,1-2H3,(H,12,13,15). The Labute approximate surface area is 103 Å². The highest BCUT2D eigenvalue weighted by molar-refractivity contribution is 6.28. The SMILES string of the molecule is Cc1nc(CCNc2nc(Cl)ncc2C)no1. The van der Waals surface area contributed by atoms with Crippen LogP contribution < -0.4 is 5.32 Å². The molecule has 0 saturated carbocycles. The van der Waals surface area contributed by atoms with Crippen LogP contribution in [0.25, 0.3) is 0 Å². The van der Waals surface area contributed by atoms with Crippen molar-refractivity contribution >= 4 is 17.4 Å². The van der Waals surface area contributed by atoms with Crippen molar-refractivity contribution in [2.24, 2.45) is 0 Å². The first-order chi connectivity index (χ1) is 8.15. The van der Waals surface area contributed by atoms with Crippen molar-refractivity contribution in [3.63, 3.8) is 0 Å². The number of anilines is 1. The van der Waals surface area contributed by atoms with Crippen molar-refractivity contribution in [3.8, 4) is 0 Å². The molecule has 2 aromatic rings. The zero-order valence-corrected chi connectivity index (χ0v) is 10.3. The lowest BCUT2D eigenvalue weighted by molar-refractivity contribution is 0.387. The molecule has 0 aliphatic heterocycles. The number of halogens is 1. The molecule has 0 aliphatic carbocycles. The molecule has 0 atom stereocenters. The first-order valence-corrected chi connectivity index (χ1v) is 5.55. The molecule has 90 valence electrons. The Morgan fingerprint density at radius 1 is 1.35 bits per heavy atom. The van der Waals surface area contributed by atoms with Crippen LogP contribution in [0.2, 0.25) is 5.28 Å². The number of hydrogen-bond donors (Lipinski definition) is 1. The van der Waals surface area contributed by atoms with Gasteiger partial charge in [0.25, 0.3) is 0 Å². The number of hydrogen-bond acceptors (Lipinski definition) is 6. The highest BCUT2D eigenvalue weighted by Crippen LogP contribution is 2.12. The van der Waals surface area contributed by atoms with Crippen LogP contribution in [0.1, 0.15) is 17.3 Å². The Hall–Kier alpha value is -1.69. The zero-order valence-electron chi connectivity index (χ0n) is 9.57. The average Bonchev–Trinajstić information content (AvgIpc) is 2.69. The van der Waals surface area contributed by atoms with E-state index in [1.807, 2.05) is 6.92 Å². The van der Waals surface area contributed by atoms with Crippen LogP contribution in [0.15, 0.2) is 10.7 Å². The average molecular weight is 254 g/mol. The van der Waals surface area contributed by atoms with E-state index in [0.29, 0.717) is 24.7 Å². The van der Waals surface area contributed by atoms with Crippen LogP contribution in [-0.4, -0.2) is 26.7 Å². The fourth-order valence-corrected chi connectivity index (χ4v) is 1.47. The molecule has 0 saturated heterocycles. The molecule has 0 aromatic carbocycles. The summed E-state index contributed by atoms with van der Waals surface area (Å²) in [5, 5.41) is 7.19. The van der Waals surface area contributed by atoms with E-state index < -0.39 is 0 Å². The molecule has 17 heavy (non-hydrogen) atoms. The smallest absolute Gasteiger partial charge is 0.224 e. The zero-order chi connectivity index (χ0) is 12.3. The van der Waals surface area contributed by atoms with Gasteiger partial charge in [-0.15, -0.1) is 0 Å². The van der Waals surface area contributed by atoms with Crippen LogP contribution >= 0.6 is 11.6 Å². The lowest BCUT2D eigenvalue weighted by atomic mass is 10.3. The molecule has 0 radical (unpaired) electrons. The van der Waals surface area contributed by atoms with E-state index in [2.05, 4.69) is 25.4 Å². The summed E-state index contributed by atoms with van der Waals surface area (Å²) in [7, 11) is 0. The van der Waals surface area contributed by atoms with Crippen LogP contribution in [0.4, 0.5) is 5.82 Å². The number of rotatable bonds is 4. The van der Waals surface area contributed by atoms with Gasteiger partial charge in [-0.1, -0.05) is 5.16 Å². The van der Waals surface area contributed by atoms with Gasteiger partial charge in [-0.25, -0.2) is 9.97 Å². The maximum absolute atomic E-state index is 5.71. The lowest BCUT2D eigenvalue weighted by Crippen LogP contribution is -2.09. The molecule has 2 aromatic heterocycles. The van der Waals surface area contributed by atoms with Gasteiger partial charge in [-0.2, -0.15) is 4.98 Å². The summed E-state index contributed by atoms with van der Waals surface area (Å²) in [5.74, 6) is 1.97. The fraction of sp³-hybridized carbons (Fsp3) is 0.400. The Balaban J connectivity index is 1.91. The Kier molecular flexibility index (Phi) is 3.53. The van der Waals surface area contributed by atoms with Gasteiger partial charge >= 0.3 is 0 Å². The third kappa shape index (κ3) is 3.13. The second-order valence-corrected chi connectivity index (χ2v) is 3.92. The van der Waals surface area contributed by atoms with E-state index in [-0.39, 0.29) is 5.28 Å². The number of nitrogens with one attached hydrogen (secondary N) is 1. The molecular formula is C10H12ClN5O.